The zero-order chi connectivity index (χ0) is 13.2. The zero-order valence-electron chi connectivity index (χ0n) is 9.25. The van der Waals surface area contributed by atoms with E-state index in [2.05, 4.69) is 0 Å². The van der Waals surface area contributed by atoms with Crippen LogP contribution in [-0.2, 0) is 4.79 Å². The summed E-state index contributed by atoms with van der Waals surface area (Å²) >= 11 is 0. The van der Waals surface area contributed by atoms with Gasteiger partial charge in [-0.1, -0.05) is 6.92 Å². The van der Waals surface area contributed by atoms with E-state index in [1.165, 1.54) is 19.9 Å². The maximum absolute atomic E-state index is 11.2. The van der Waals surface area contributed by atoms with E-state index in [1.54, 1.807) is 0 Å². The number of carbonyl (C=O) groups excluding carboxylic acids is 1. The number of ketones is 1. The lowest BCUT2D eigenvalue weighted by molar-refractivity contribution is -0.394. The van der Waals surface area contributed by atoms with Crippen molar-refractivity contribution in [2.75, 3.05) is 0 Å². The third-order valence-electron chi connectivity index (χ3n) is 2.50. The minimum atomic E-state index is -0.720. The third-order valence-corrected chi connectivity index (χ3v) is 2.50. The van der Waals surface area contributed by atoms with Gasteiger partial charge in [0.05, 0.1) is 15.9 Å². The molecule has 0 N–H and O–H groups in total. The fourth-order valence-electron chi connectivity index (χ4n) is 1.39. The van der Waals surface area contributed by atoms with Gasteiger partial charge in [-0.3, -0.25) is 25.0 Å². The number of hydrogen-bond acceptors (Lipinski definition) is 5. The SMILES string of the molecule is CC(=O)C(C)c1ccc([N+](=O)[O-])cc1[N+](=O)[O-]. The number of non-ortho nitro benzene ring substituents is 1. The van der Waals surface area contributed by atoms with Gasteiger partial charge >= 0.3 is 0 Å². The van der Waals surface area contributed by atoms with Crippen LogP contribution in [0.2, 0.25) is 0 Å². The number of nitro groups is 2. The topological polar surface area (TPSA) is 103 Å². The van der Waals surface area contributed by atoms with Crippen LogP contribution in [0.15, 0.2) is 18.2 Å². The molecule has 0 spiro atoms. The smallest absolute Gasteiger partial charge is 0.280 e. The highest BCUT2D eigenvalue weighted by Crippen LogP contribution is 2.30. The second-order valence-electron chi connectivity index (χ2n) is 3.59. The van der Waals surface area contributed by atoms with Crippen molar-refractivity contribution >= 4 is 17.2 Å². The third kappa shape index (κ3) is 2.63. The quantitative estimate of drug-likeness (QED) is 0.590. The van der Waals surface area contributed by atoms with Gasteiger partial charge in [-0.25, -0.2) is 0 Å². The molecule has 0 aliphatic rings. The van der Waals surface area contributed by atoms with E-state index in [1.807, 2.05) is 0 Å². The molecule has 0 aliphatic carbocycles. The summed E-state index contributed by atoms with van der Waals surface area (Å²) in [4.78, 5) is 31.0. The van der Waals surface area contributed by atoms with Crippen LogP contribution in [0.5, 0.6) is 0 Å². The summed E-state index contributed by atoms with van der Waals surface area (Å²) < 4.78 is 0. The Balaban J connectivity index is 3.37. The number of Topliss-reactive ketones (excluding diaryl/α,β-unsaturated/α-hetero) is 1. The van der Waals surface area contributed by atoms with E-state index in [0.29, 0.717) is 0 Å². The summed E-state index contributed by atoms with van der Waals surface area (Å²) in [7, 11) is 0. The Morgan fingerprint density at radius 2 is 1.82 bits per heavy atom. The standard InChI is InChI=1S/C10H10N2O5/c1-6(7(2)13)9-4-3-8(11(14)15)5-10(9)12(16)17/h3-6H,1-2H3. The van der Waals surface area contributed by atoms with Crippen molar-refractivity contribution in [1.82, 2.24) is 0 Å². The summed E-state index contributed by atoms with van der Waals surface area (Å²) in [5, 5.41) is 21.3. The van der Waals surface area contributed by atoms with Crippen molar-refractivity contribution in [3.05, 3.63) is 44.0 Å². The summed E-state index contributed by atoms with van der Waals surface area (Å²) in [6.07, 6.45) is 0. The summed E-state index contributed by atoms with van der Waals surface area (Å²) in [6.45, 7) is 2.84. The number of nitrogens with zero attached hydrogens (tertiary/aromatic N) is 2. The summed E-state index contributed by atoms with van der Waals surface area (Å²) in [5.41, 5.74) is -0.578. The van der Waals surface area contributed by atoms with Gasteiger partial charge < -0.3 is 0 Å². The normalized spacial score (nSPS) is 11.9. The molecule has 0 fully saturated rings. The molecule has 0 radical (unpaired) electrons. The molecule has 17 heavy (non-hydrogen) atoms. The lowest BCUT2D eigenvalue weighted by Gasteiger charge is -2.07. The Kier molecular flexibility index (Phi) is 3.52. The fourth-order valence-corrected chi connectivity index (χ4v) is 1.39. The average molecular weight is 238 g/mol. The van der Waals surface area contributed by atoms with Crippen LogP contribution in [0.4, 0.5) is 11.4 Å². The second-order valence-corrected chi connectivity index (χ2v) is 3.59. The molecule has 90 valence electrons. The molecule has 7 heteroatoms. The van der Waals surface area contributed by atoms with Crippen LogP contribution in [-0.4, -0.2) is 15.6 Å². The highest BCUT2D eigenvalue weighted by molar-refractivity contribution is 5.84. The molecule has 1 aromatic rings. The van der Waals surface area contributed by atoms with Gasteiger partial charge in [0.1, 0.15) is 5.78 Å². The van der Waals surface area contributed by atoms with Crippen LogP contribution in [0.3, 0.4) is 0 Å². The van der Waals surface area contributed by atoms with E-state index in [4.69, 9.17) is 0 Å². The van der Waals surface area contributed by atoms with E-state index < -0.39 is 21.5 Å². The van der Waals surface area contributed by atoms with E-state index >= 15 is 0 Å². The first-order valence-electron chi connectivity index (χ1n) is 4.77. The van der Waals surface area contributed by atoms with Crippen molar-refractivity contribution in [2.45, 2.75) is 19.8 Å². The first kappa shape index (κ1) is 12.8. The maximum Gasteiger partial charge on any atom is 0.280 e. The van der Waals surface area contributed by atoms with Gasteiger partial charge in [0.25, 0.3) is 11.4 Å². The molecular formula is C10H10N2O5. The predicted octanol–water partition coefficient (Wildman–Crippen LogP) is 2.20. The average Bonchev–Trinajstić information content (AvgIpc) is 2.26. The Morgan fingerprint density at radius 1 is 1.24 bits per heavy atom. The van der Waals surface area contributed by atoms with Gasteiger partial charge in [0.15, 0.2) is 0 Å². The minimum Gasteiger partial charge on any atom is -0.299 e. The Labute approximate surface area is 96.4 Å². The van der Waals surface area contributed by atoms with Crippen molar-refractivity contribution in [3.8, 4) is 0 Å². The molecule has 0 aromatic heterocycles. The minimum absolute atomic E-state index is 0.188. The van der Waals surface area contributed by atoms with Crippen LogP contribution in [0.1, 0.15) is 25.3 Å². The van der Waals surface area contributed by atoms with Crippen molar-refractivity contribution in [1.29, 1.82) is 0 Å². The van der Waals surface area contributed by atoms with Gasteiger partial charge in [0, 0.05) is 17.5 Å². The molecule has 1 rings (SSSR count). The van der Waals surface area contributed by atoms with Crippen molar-refractivity contribution in [2.24, 2.45) is 0 Å². The van der Waals surface area contributed by atoms with Gasteiger partial charge in [-0.2, -0.15) is 0 Å². The largest absolute Gasteiger partial charge is 0.299 e. The molecule has 1 aromatic carbocycles. The molecular weight excluding hydrogens is 228 g/mol. The van der Waals surface area contributed by atoms with Gasteiger partial charge in [-0.05, 0) is 13.0 Å². The lowest BCUT2D eigenvalue weighted by Crippen LogP contribution is -2.07. The van der Waals surface area contributed by atoms with Crippen molar-refractivity contribution in [3.63, 3.8) is 0 Å². The summed E-state index contributed by atoms with van der Waals surface area (Å²) in [6, 6.07) is 3.28. The molecule has 0 bridgehead atoms. The Morgan fingerprint density at radius 3 is 2.24 bits per heavy atom. The van der Waals surface area contributed by atoms with Gasteiger partial charge in [-0.15, -0.1) is 0 Å². The van der Waals surface area contributed by atoms with Gasteiger partial charge in [0.2, 0.25) is 0 Å². The van der Waals surface area contributed by atoms with Crippen LogP contribution >= 0.6 is 0 Å². The monoisotopic (exact) mass is 238 g/mol. The maximum atomic E-state index is 11.2. The molecule has 0 heterocycles. The van der Waals surface area contributed by atoms with E-state index in [9.17, 15) is 25.0 Å². The zero-order valence-corrected chi connectivity index (χ0v) is 9.25. The number of nitro benzene ring substituents is 2. The van der Waals surface area contributed by atoms with E-state index in [-0.39, 0.29) is 17.0 Å². The molecule has 0 saturated heterocycles. The Bertz CT molecular complexity index is 497. The number of benzene rings is 1. The number of carbonyl (C=O) groups is 1. The Hall–Kier alpha value is -2.31. The molecule has 0 amide bonds. The molecule has 0 saturated carbocycles. The molecule has 1 unspecified atom stereocenters. The molecule has 7 nitrogen and oxygen atoms in total. The van der Waals surface area contributed by atoms with Crippen LogP contribution < -0.4 is 0 Å². The fraction of sp³-hybridized carbons (Fsp3) is 0.300. The van der Waals surface area contributed by atoms with Crippen LogP contribution in [0.25, 0.3) is 0 Å². The highest BCUT2D eigenvalue weighted by atomic mass is 16.6. The van der Waals surface area contributed by atoms with E-state index in [0.717, 1.165) is 12.1 Å². The highest BCUT2D eigenvalue weighted by Gasteiger charge is 2.24. The van der Waals surface area contributed by atoms with Crippen LogP contribution in [0, 0.1) is 20.2 Å². The predicted molar refractivity (Wildman–Crippen MR) is 58.8 cm³/mol. The first-order chi connectivity index (χ1) is 7.84. The number of rotatable bonds is 4. The second kappa shape index (κ2) is 4.69. The molecule has 0 aliphatic heterocycles. The first-order valence-corrected chi connectivity index (χ1v) is 4.77. The molecule has 1 atom stereocenters. The number of hydrogen-bond donors (Lipinski definition) is 0. The lowest BCUT2D eigenvalue weighted by atomic mass is 9.95. The summed E-state index contributed by atoms with van der Waals surface area (Å²) in [5.74, 6) is -0.891. The van der Waals surface area contributed by atoms with Crippen molar-refractivity contribution < 1.29 is 14.6 Å².